The van der Waals surface area contributed by atoms with Crippen LogP contribution in [0.15, 0.2) is 34.1 Å². The van der Waals surface area contributed by atoms with Gasteiger partial charge in [-0.2, -0.15) is 0 Å². The third kappa shape index (κ3) is 3.44. The molecule has 2 aromatic heterocycles. The second kappa shape index (κ2) is 5.46. The second-order valence-electron chi connectivity index (χ2n) is 3.85. The fourth-order valence-corrected chi connectivity index (χ4v) is 3.58. The molecule has 2 N–H and O–H groups in total. The molecule has 8 heteroatoms. The zero-order valence-electron chi connectivity index (χ0n) is 9.94. The molecule has 0 spiro atoms. The van der Waals surface area contributed by atoms with Gasteiger partial charge in [0.1, 0.15) is 5.02 Å². The number of hydrogen-bond acceptors (Lipinski definition) is 4. The zero-order valence-corrected chi connectivity index (χ0v) is 12.3. The quantitative estimate of drug-likeness (QED) is 0.903. The Kier molecular flexibility index (Phi) is 4.10. The molecule has 19 heavy (non-hydrogen) atoms. The monoisotopic (exact) mass is 318 g/mol. The first-order chi connectivity index (χ1) is 8.88. The number of H-pyrrole nitrogens is 1. The first-order valence-corrected chi connectivity index (χ1v) is 7.99. The lowest BCUT2D eigenvalue weighted by Crippen LogP contribution is -2.24. The number of aromatic amines is 1. The number of sulfonamides is 1. The minimum atomic E-state index is -3.69. The van der Waals surface area contributed by atoms with Crippen molar-refractivity contribution in [3.05, 3.63) is 49.5 Å². The van der Waals surface area contributed by atoms with Crippen molar-refractivity contribution in [1.29, 1.82) is 0 Å². The summed E-state index contributed by atoms with van der Waals surface area (Å²) < 4.78 is 26.4. The van der Waals surface area contributed by atoms with Gasteiger partial charge in [0, 0.05) is 22.5 Å². The third-order valence-corrected chi connectivity index (χ3v) is 5.04. The SMILES string of the molecule is Cc1ccc(CNS(=O)(=O)c2c[nH]c(=O)c(Cl)c2)s1. The molecular weight excluding hydrogens is 308 g/mol. The molecule has 0 radical (unpaired) electrons. The Balaban J connectivity index is 2.18. The van der Waals surface area contributed by atoms with Crippen molar-refractivity contribution >= 4 is 33.0 Å². The number of hydrogen-bond donors (Lipinski definition) is 2. The van der Waals surface area contributed by atoms with E-state index >= 15 is 0 Å². The van der Waals surface area contributed by atoms with Crippen LogP contribution < -0.4 is 10.3 Å². The van der Waals surface area contributed by atoms with Crippen LogP contribution in [0.1, 0.15) is 9.75 Å². The minimum Gasteiger partial charge on any atom is -0.326 e. The van der Waals surface area contributed by atoms with Gasteiger partial charge >= 0.3 is 0 Å². The van der Waals surface area contributed by atoms with Gasteiger partial charge in [-0.05, 0) is 25.1 Å². The van der Waals surface area contributed by atoms with E-state index in [1.165, 1.54) is 11.3 Å². The van der Waals surface area contributed by atoms with E-state index < -0.39 is 15.6 Å². The van der Waals surface area contributed by atoms with Crippen LogP contribution in [0.4, 0.5) is 0 Å². The fourth-order valence-electron chi connectivity index (χ4n) is 1.42. The minimum absolute atomic E-state index is 0.0645. The van der Waals surface area contributed by atoms with Crippen LogP contribution in [0.2, 0.25) is 5.02 Å². The van der Waals surface area contributed by atoms with E-state index in [2.05, 4.69) is 9.71 Å². The summed E-state index contributed by atoms with van der Waals surface area (Å²) in [7, 11) is -3.69. The Hall–Kier alpha value is -1.15. The van der Waals surface area contributed by atoms with E-state index in [9.17, 15) is 13.2 Å². The van der Waals surface area contributed by atoms with Crippen molar-refractivity contribution < 1.29 is 8.42 Å². The van der Waals surface area contributed by atoms with Gasteiger partial charge in [-0.3, -0.25) is 4.79 Å². The van der Waals surface area contributed by atoms with E-state index in [0.29, 0.717) is 0 Å². The molecule has 0 fully saturated rings. The molecule has 0 aliphatic carbocycles. The molecular formula is C11H11ClN2O3S2. The van der Waals surface area contributed by atoms with Gasteiger partial charge in [-0.1, -0.05) is 11.6 Å². The first-order valence-electron chi connectivity index (χ1n) is 5.32. The number of halogens is 1. The summed E-state index contributed by atoms with van der Waals surface area (Å²) in [5.74, 6) is 0. The normalized spacial score (nSPS) is 11.7. The second-order valence-corrected chi connectivity index (χ2v) is 7.40. The molecule has 0 unspecified atom stereocenters. The molecule has 0 saturated heterocycles. The molecule has 0 amide bonds. The number of rotatable bonds is 4. The predicted octanol–water partition coefficient (Wildman–Crippen LogP) is 1.88. The van der Waals surface area contributed by atoms with E-state index in [0.717, 1.165) is 22.0 Å². The smallest absolute Gasteiger partial charge is 0.266 e. The molecule has 0 saturated carbocycles. The fraction of sp³-hybridized carbons (Fsp3) is 0.182. The van der Waals surface area contributed by atoms with Gasteiger partial charge in [-0.25, -0.2) is 13.1 Å². The Morgan fingerprint density at radius 2 is 2.16 bits per heavy atom. The Bertz CT molecular complexity index is 749. The summed E-state index contributed by atoms with van der Waals surface area (Å²) >= 11 is 7.12. The third-order valence-electron chi connectivity index (χ3n) is 2.37. The summed E-state index contributed by atoms with van der Waals surface area (Å²) in [6, 6.07) is 4.91. The number of nitrogens with one attached hydrogen (secondary N) is 2. The van der Waals surface area contributed by atoms with Crippen molar-refractivity contribution in [2.75, 3.05) is 0 Å². The maximum atomic E-state index is 12.0. The highest BCUT2D eigenvalue weighted by Gasteiger charge is 2.15. The van der Waals surface area contributed by atoms with Crippen LogP contribution in [0.5, 0.6) is 0 Å². The molecule has 5 nitrogen and oxygen atoms in total. The lowest BCUT2D eigenvalue weighted by Gasteiger charge is -2.05. The van der Waals surface area contributed by atoms with Crippen molar-refractivity contribution in [2.24, 2.45) is 0 Å². The van der Waals surface area contributed by atoms with Crippen LogP contribution in [-0.2, 0) is 16.6 Å². The summed E-state index contributed by atoms with van der Waals surface area (Å²) in [6.45, 7) is 2.15. The average Bonchev–Trinajstić information content (AvgIpc) is 2.76. The van der Waals surface area contributed by atoms with Crippen molar-refractivity contribution in [3.63, 3.8) is 0 Å². The maximum absolute atomic E-state index is 12.0. The molecule has 0 aliphatic heterocycles. The Morgan fingerprint density at radius 1 is 1.42 bits per heavy atom. The number of pyridine rings is 1. The Labute approximate surface area is 119 Å². The van der Waals surface area contributed by atoms with Gasteiger partial charge in [-0.15, -0.1) is 11.3 Å². The number of thiophene rings is 1. The molecule has 0 bridgehead atoms. The van der Waals surface area contributed by atoms with Gasteiger partial charge < -0.3 is 4.98 Å². The van der Waals surface area contributed by atoms with E-state index in [1.54, 1.807) is 0 Å². The molecule has 2 rings (SSSR count). The van der Waals surface area contributed by atoms with Crippen molar-refractivity contribution in [3.8, 4) is 0 Å². The number of aromatic nitrogens is 1. The van der Waals surface area contributed by atoms with Crippen LogP contribution in [0.25, 0.3) is 0 Å². The molecule has 0 atom stereocenters. The van der Waals surface area contributed by atoms with Crippen LogP contribution in [0, 0.1) is 6.92 Å². The van der Waals surface area contributed by atoms with Crippen LogP contribution >= 0.6 is 22.9 Å². The molecule has 2 aromatic rings. The number of aryl methyl sites for hydroxylation is 1. The maximum Gasteiger partial charge on any atom is 0.266 e. The molecule has 2 heterocycles. The summed E-state index contributed by atoms with van der Waals surface area (Å²) in [5, 5.41) is -0.158. The first kappa shape index (κ1) is 14.3. The van der Waals surface area contributed by atoms with Gasteiger partial charge in [0.25, 0.3) is 5.56 Å². The summed E-state index contributed by atoms with van der Waals surface area (Å²) in [6.07, 6.45) is 1.12. The average molecular weight is 319 g/mol. The molecule has 102 valence electrons. The van der Waals surface area contributed by atoms with Gasteiger partial charge in [0.05, 0.1) is 4.90 Å². The van der Waals surface area contributed by atoms with Crippen molar-refractivity contribution in [2.45, 2.75) is 18.4 Å². The highest BCUT2D eigenvalue weighted by Crippen LogP contribution is 2.16. The van der Waals surface area contributed by atoms with E-state index in [-0.39, 0.29) is 16.5 Å². The zero-order chi connectivity index (χ0) is 14.0. The summed E-state index contributed by atoms with van der Waals surface area (Å²) in [4.78, 5) is 15.3. The topological polar surface area (TPSA) is 79.0 Å². The van der Waals surface area contributed by atoms with Crippen molar-refractivity contribution in [1.82, 2.24) is 9.71 Å². The highest BCUT2D eigenvalue weighted by molar-refractivity contribution is 7.89. The lowest BCUT2D eigenvalue weighted by molar-refractivity contribution is 0.581. The van der Waals surface area contributed by atoms with Gasteiger partial charge in [0.2, 0.25) is 10.0 Å². The van der Waals surface area contributed by atoms with Crippen LogP contribution in [0.3, 0.4) is 0 Å². The lowest BCUT2D eigenvalue weighted by atomic mass is 10.4. The Morgan fingerprint density at radius 3 is 2.74 bits per heavy atom. The molecule has 0 aliphatic rings. The van der Waals surface area contributed by atoms with Crippen LogP contribution in [-0.4, -0.2) is 13.4 Å². The van der Waals surface area contributed by atoms with Gasteiger partial charge in [0.15, 0.2) is 0 Å². The molecule has 0 aromatic carbocycles. The summed E-state index contributed by atoms with van der Waals surface area (Å²) in [5.41, 5.74) is -0.519. The standard InChI is InChI=1S/C11H11ClN2O3S2/c1-7-2-3-8(18-7)5-14-19(16,17)9-4-10(12)11(15)13-6-9/h2-4,6,14H,5H2,1H3,(H,13,15). The predicted molar refractivity (Wildman–Crippen MR) is 75.2 cm³/mol. The highest BCUT2D eigenvalue weighted by atomic mass is 35.5. The van der Waals surface area contributed by atoms with E-state index in [4.69, 9.17) is 11.6 Å². The van der Waals surface area contributed by atoms with E-state index in [1.807, 2.05) is 19.1 Å². The largest absolute Gasteiger partial charge is 0.326 e.